The Kier molecular flexibility index (Phi) is 7.39. The number of halogens is 2. The number of rotatable bonds is 8. The van der Waals surface area contributed by atoms with Crippen molar-refractivity contribution in [3.63, 3.8) is 0 Å². The average Bonchev–Trinajstić information content (AvgIpc) is 2.71. The van der Waals surface area contributed by atoms with Gasteiger partial charge in [0.25, 0.3) is 20.2 Å². The van der Waals surface area contributed by atoms with E-state index in [2.05, 4.69) is 30.8 Å². The molecule has 1 heterocycles. The standard InChI is InChI=1S/C19H18F2N6O6S2/c1-10-6-14(11(2)5-13(10)22-9-34(28,29)30)26-27-15-7-12(3-4-16(15)35(31,32)33)23-18-8-17(20)24-19(21)25-18/h3-8,22H,9H2,1-2H3,(H,23,24,25)(H,28,29,30)(H,31,32,33). The van der Waals surface area contributed by atoms with Crippen molar-refractivity contribution in [2.45, 2.75) is 18.7 Å². The quantitative estimate of drug-likeness (QED) is 0.144. The van der Waals surface area contributed by atoms with E-state index in [-0.39, 0.29) is 17.2 Å². The number of azo groups is 1. The van der Waals surface area contributed by atoms with E-state index < -0.39 is 43.0 Å². The Morgan fingerprint density at radius 3 is 2.23 bits per heavy atom. The Morgan fingerprint density at radius 1 is 0.914 bits per heavy atom. The smallest absolute Gasteiger partial charge is 0.313 e. The summed E-state index contributed by atoms with van der Waals surface area (Å²) in [6, 6.07) is 7.28. The van der Waals surface area contributed by atoms with E-state index in [0.29, 0.717) is 22.5 Å². The first-order valence-corrected chi connectivity index (χ1v) is 12.6. The largest absolute Gasteiger partial charge is 0.369 e. The van der Waals surface area contributed by atoms with Crippen molar-refractivity contribution in [1.82, 2.24) is 9.97 Å². The summed E-state index contributed by atoms with van der Waals surface area (Å²) < 4.78 is 90.5. The summed E-state index contributed by atoms with van der Waals surface area (Å²) in [7, 11) is -8.95. The predicted molar refractivity (Wildman–Crippen MR) is 122 cm³/mol. The Hall–Kier alpha value is -3.60. The van der Waals surface area contributed by atoms with Crippen LogP contribution in [0.15, 0.2) is 51.5 Å². The van der Waals surface area contributed by atoms with E-state index in [0.717, 1.165) is 18.2 Å². The van der Waals surface area contributed by atoms with Crippen molar-refractivity contribution < 1.29 is 34.7 Å². The highest BCUT2D eigenvalue weighted by Crippen LogP contribution is 2.33. The summed E-state index contributed by atoms with van der Waals surface area (Å²) in [5.74, 6) is -2.09. The van der Waals surface area contributed by atoms with Gasteiger partial charge in [0.05, 0.1) is 5.69 Å². The van der Waals surface area contributed by atoms with E-state index in [1.807, 2.05) is 0 Å². The zero-order chi connectivity index (χ0) is 26.0. The van der Waals surface area contributed by atoms with E-state index in [1.54, 1.807) is 19.9 Å². The summed E-state index contributed by atoms with van der Waals surface area (Å²) in [5, 5.41) is 13.1. The minimum Gasteiger partial charge on any atom is -0.369 e. The van der Waals surface area contributed by atoms with Crippen LogP contribution in [0, 0.1) is 25.9 Å². The van der Waals surface area contributed by atoms with Gasteiger partial charge in [0.1, 0.15) is 22.3 Å². The molecule has 35 heavy (non-hydrogen) atoms. The summed E-state index contributed by atoms with van der Waals surface area (Å²) in [6.07, 6.45) is -1.32. The SMILES string of the molecule is Cc1cc(NCS(=O)(=O)O)c(C)cc1N=Nc1cc(Nc2cc(F)nc(F)n2)ccc1S(=O)(=O)O. The average molecular weight is 529 g/mol. The lowest BCUT2D eigenvalue weighted by molar-refractivity contribution is 0.482. The van der Waals surface area contributed by atoms with Gasteiger partial charge in [-0.2, -0.15) is 40.7 Å². The van der Waals surface area contributed by atoms with Crippen LogP contribution in [0.4, 0.5) is 37.3 Å². The van der Waals surface area contributed by atoms with Crippen LogP contribution in [0.2, 0.25) is 0 Å². The molecule has 16 heteroatoms. The number of nitrogens with one attached hydrogen (secondary N) is 2. The molecule has 0 unspecified atom stereocenters. The maximum Gasteiger partial charge on any atom is 0.313 e. The Balaban J connectivity index is 1.96. The minimum atomic E-state index is -4.70. The second-order valence-corrected chi connectivity index (χ2v) is 10.0. The van der Waals surface area contributed by atoms with Gasteiger partial charge in [-0.25, -0.2) is 0 Å². The number of nitrogens with zero attached hydrogens (tertiary/aromatic N) is 4. The lowest BCUT2D eigenvalue weighted by atomic mass is 10.1. The van der Waals surface area contributed by atoms with Gasteiger partial charge in [0, 0.05) is 17.4 Å². The number of aromatic nitrogens is 2. The number of benzene rings is 2. The van der Waals surface area contributed by atoms with Gasteiger partial charge < -0.3 is 10.6 Å². The minimum absolute atomic E-state index is 0.126. The van der Waals surface area contributed by atoms with Gasteiger partial charge >= 0.3 is 6.08 Å². The van der Waals surface area contributed by atoms with Crippen molar-refractivity contribution in [3.05, 3.63) is 59.6 Å². The fourth-order valence-electron chi connectivity index (χ4n) is 2.87. The van der Waals surface area contributed by atoms with Gasteiger partial charge in [0.15, 0.2) is 0 Å². The molecule has 0 amide bonds. The van der Waals surface area contributed by atoms with Crippen LogP contribution in [0.25, 0.3) is 0 Å². The van der Waals surface area contributed by atoms with Gasteiger partial charge in [-0.05, 0) is 55.3 Å². The molecule has 0 radical (unpaired) electrons. The third-order valence-electron chi connectivity index (χ3n) is 4.43. The molecule has 4 N–H and O–H groups in total. The second-order valence-electron chi connectivity index (χ2n) is 7.18. The second kappa shape index (κ2) is 9.95. The molecule has 0 fully saturated rings. The van der Waals surface area contributed by atoms with Crippen molar-refractivity contribution in [1.29, 1.82) is 0 Å². The van der Waals surface area contributed by atoms with E-state index in [9.17, 15) is 30.2 Å². The van der Waals surface area contributed by atoms with Gasteiger partial charge in [-0.15, -0.1) is 5.11 Å². The topological polar surface area (TPSA) is 183 Å². The summed E-state index contributed by atoms with van der Waals surface area (Å²) in [6.45, 7) is 3.27. The zero-order valence-corrected chi connectivity index (χ0v) is 19.7. The molecule has 3 aromatic rings. The monoisotopic (exact) mass is 528 g/mol. The number of hydrogen-bond acceptors (Lipinski definition) is 10. The van der Waals surface area contributed by atoms with Crippen LogP contribution in [0.5, 0.6) is 0 Å². The van der Waals surface area contributed by atoms with Gasteiger partial charge in [-0.3, -0.25) is 9.11 Å². The molecule has 0 aliphatic rings. The van der Waals surface area contributed by atoms with Crippen molar-refractivity contribution in [2.24, 2.45) is 10.2 Å². The Labute approximate surface area is 198 Å². The van der Waals surface area contributed by atoms with Crippen LogP contribution in [0.3, 0.4) is 0 Å². The molecule has 12 nitrogen and oxygen atoms in total. The number of aryl methyl sites for hydroxylation is 2. The molecule has 1 aromatic heterocycles. The van der Waals surface area contributed by atoms with Crippen LogP contribution in [-0.2, 0) is 20.2 Å². The maximum atomic E-state index is 13.3. The van der Waals surface area contributed by atoms with E-state index in [4.69, 9.17) is 4.55 Å². The molecule has 186 valence electrons. The van der Waals surface area contributed by atoms with Gasteiger partial charge in [-0.1, -0.05) is 0 Å². The van der Waals surface area contributed by atoms with Crippen molar-refractivity contribution >= 4 is 48.8 Å². The highest BCUT2D eigenvalue weighted by atomic mass is 32.2. The van der Waals surface area contributed by atoms with Crippen LogP contribution in [0.1, 0.15) is 11.1 Å². The third-order valence-corrected chi connectivity index (χ3v) is 5.84. The summed E-state index contributed by atoms with van der Waals surface area (Å²) >= 11 is 0. The molecule has 0 saturated heterocycles. The molecule has 0 bridgehead atoms. The van der Waals surface area contributed by atoms with Crippen LogP contribution < -0.4 is 10.6 Å². The molecular formula is C19H18F2N6O6S2. The number of anilines is 3. The van der Waals surface area contributed by atoms with Crippen molar-refractivity contribution in [2.75, 3.05) is 16.5 Å². The fourth-order valence-corrected chi connectivity index (χ4v) is 3.81. The number of hydrogen-bond donors (Lipinski definition) is 4. The molecule has 0 atom stereocenters. The molecule has 0 aliphatic heterocycles. The maximum absolute atomic E-state index is 13.3. The summed E-state index contributed by atoms with van der Waals surface area (Å²) in [5.41, 5.74) is 1.60. The highest BCUT2D eigenvalue weighted by molar-refractivity contribution is 7.86. The van der Waals surface area contributed by atoms with E-state index in [1.165, 1.54) is 12.1 Å². The normalized spacial score (nSPS) is 12.2. The molecule has 3 rings (SSSR count). The summed E-state index contributed by atoms with van der Waals surface area (Å²) in [4.78, 5) is 5.67. The lowest BCUT2D eigenvalue weighted by Crippen LogP contribution is -2.13. The third kappa shape index (κ3) is 7.19. The Morgan fingerprint density at radius 2 is 1.60 bits per heavy atom. The zero-order valence-electron chi connectivity index (χ0n) is 18.1. The van der Waals surface area contributed by atoms with Crippen LogP contribution >= 0.6 is 0 Å². The first-order valence-electron chi connectivity index (χ1n) is 9.52. The fraction of sp³-hybridized carbons (Fsp3) is 0.158. The van der Waals surface area contributed by atoms with Crippen LogP contribution in [-0.4, -0.2) is 41.8 Å². The molecule has 0 aliphatic carbocycles. The lowest BCUT2D eigenvalue weighted by Gasteiger charge is -2.11. The molecule has 2 aromatic carbocycles. The van der Waals surface area contributed by atoms with E-state index >= 15 is 0 Å². The molecule has 0 spiro atoms. The van der Waals surface area contributed by atoms with Crippen molar-refractivity contribution in [3.8, 4) is 0 Å². The first kappa shape index (κ1) is 26.0. The molecular weight excluding hydrogens is 510 g/mol. The predicted octanol–water partition coefficient (Wildman–Crippen LogP) is 4.03. The van der Waals surface area contributed by atoms with Gasteiger partial charge in [0.2, 0.25) is 5.95 Å². The Bertz CT molecular complexity index is 1510. The first-order chi connectivity index (χ1) is 16.2. The molecule has 0 saturated carbocycles. The highest BCUT2D eigenvalue weighted by Gasteiger charge is 2.17.